The lowest BCUT2D eigenvalue weighted by Gasteiger charge is -2.30. The Morgan fingerprint density at radius 2 is 1.56 bits per heavy atom. The van der Waals surface area contributed by atoms with Crippen LogP contribution in [-0.2, 0) is 4.79 Å². The smallest absolute Gasteiger partial charge is 0.335 e. The normalized spacial score (nSPS) is 15.4. The summed E-state index contributed by atoms with van der Waals surface area (Å²) in [5, 5.41) is 8.99. The average molecular weight is 339 g/mol. The number of rotatable bonds is 5. The first kappa shape index (κ1) is 17.0. The Bertz CT molecular complexity index is 721. The van der Waals surface area contributed by atoms with Gasteiger partial charge >= 0.3 is 5.97 Å². The average Bonchev–Trinajstić information content (AvgIpc) is 2.67. The van der Waals surface area contributed by atoms with Crippen molar-refractivity contribution in [2.75, 3.05) is 13.1 Å². The van der Waals surface area contributed by atoms with Crippen LogP contribution in [0.15, 0.2) is 54.6 Å². The van der Waals surface area contributed by atoms with Crippen molar-refractivity contribution in [1.29, 1.82) is 0 Å². The van der Waals surface area contributed by atoms with Gasteiger partial charge in [-0.15, -0.1) is 0 Å². The highest BCUT2D eigenvalue weighted by atomic mass is 16.5. The number of carbonyl (C=O) groups excluding carboxylic acids is 1. The van der Waals surface area contributed by atoms with Crippen molar-refractivity contribution in [1.82, 2.24) is 4.90 Å². The van der Waals surface area contributed by atoms with Crippen LogP contribution in [0.2, 0.25) is 0 Å². The first-order valence-corrected chi connectivity index (χ1v) is 8.49. The third kappa shape index (κ3) is 4.18. The highest BCUT2D eigenvalue weighted by molar-refractivity contribution is 5.87. The highest BCUT2D eigenvalue weighted by Crippen LogP contribution is 2.26. The summed E-state index contributed by atoms with van der Waals surface area (Å²) in [4.78, 5) is 25.8. The van der Waals surface area contributed by atoms with E-state index in [1.54, 1.807) is 12.1 Å². The molecule has 0 radical (unpaired) electrons. The van der Waals surface area contributed by atoms with Crippen LogP contribution in [0.3, 0.4) is 0 Å². The molecule has 1 fully saturated rings. The topological polar surface area (TPSA) is 66.8 Å². The van der Waals surface area contributed by atoms with E-state index in [1.807, 2.05) is 35.2 Å². The minimum absolute atomic E-state index is 0.0480. The molecule has 25 heavy (non-hydrogen) atoms. The summed E-state index contributed by atoms with van der Waals surface area (Å²) in [6, 6.07) is 15.5. The van der Waals surface area contributed by atoms with Gasteiger partial charge in [0.1, 0.15) is 5.75 Å². The number of likely N-dealkylation sites (tertiary alicyclic amines) is 1. The molecule has 1 amide bonds. The van der Waals surface area contributed by atoms with E-state index in [2.05, 4.69) is 0 Å². The standard InChI is InChI=1S/C20H21NO4/c22-19(21-13-5-2-6-14-21)18(15-7-3-1-4-8-15)25-17-11-9-16(10-12-17)20(23)24/h1,3-4,7-12,18H,2,5-6,13-14H2,(H,23,24). The predicted molar refractivity (Wildman–Crippen MR) is 93.6 cm³/mol. The predicted octanol–water partition coefficient (Wildman–Crippen LogP) is 3.52. The molecule has 5 nitrogen and oxygen atoms in total. The largest absolute Gasteiger partial charge is 0.478 e. The van der Waals surface area contributed by atoms with E-state index in [-0.39, 0.29) is 11.5 Å². The zero-order valence-electron chi connectivity index (χ0n) is 13.9. The molecule has 1 aliphatic rings. The summed E-state index contributed by atoms with van der Waals surface area (Å²) in [7, 11) is 0. The first-order chi connectivity index (χ1) is 12.1. The number of hydrogen-bond donors (Lipinski definition) is 1. The maximum atomic E-state index is 13.0. The fourth-order valence-corrected chi connectivity index (χ4v) is 2.98. The molecule has 0 aromatic heterocycles. The molecule has 0 bridgehead atoms. The molecule has 0 spiro atoms. The second kappa shape index (κ2) is 7.83. The lowest BCUT2D eigenvalue weighted by atomic mass is 10.1. The number of amides is 1. The molecule has 0 saturated carbocycles. The van der Waals surface area contributed by atoms with E-state index < -0.39 is 12.1 Å². The quantitative estimate of drug-likeness (QED) is 0.905. The van der Waals surface area contributed by atoms with Crippen LogP contribution in [0.1, 0.15) is 41.3 Å². The zero-order valence-corrected chi connectivity index (χ0v) is 13.9. The van der Waals surface area contributed by atoms with E-state index in [9.17, 15) is 9.59 Å². The molecule has 2 aromatic rings. The number of piperidine rings is 1. The van der Waals surface area contributed by atoms with Crippen LogP contribution in [0.5, 0.6) is 5.75 Å². The Morgan fingerprint density at radius 1 is 0.920 bits per heavy atom. The van der Waals surface area contributed by atoms with Crippen LogP contribution in [0.25, 0.3) is 0 Å². The molecular weight excluding hydrogens is 318 g/mol. The van der Waals surface area contributed by atoms with Crippen molar-refractivity contribution >= 4 is 11.9 Å². The van der Waals surface area contributed by atoms with Gasteiger partial charge in [-0.3, -0.25) is 4.79 Å². The molecule has 0 aliphatic carbocycles. The minimum atomic E-state index is -0.990. The molecule has 1 N–H and O–H groups in total. The summed E-state index contributed by atoms with van der Waals surface area (Å²) in [6.07, 6.45) is 2.45. The number of carbonyl (C=O) groups is 2. The van der Waals surface area contributed by atoms with E-state index in [0.29, 0.717) is 5.75 Å². The maximum Gasteiger partial charge on any atom is 0.335 e. The Morgan fingerprint density at radius 3 is 2.16 bits per heavy atom. The highest BCUT2D eigenvalue weighted by Gasteiger charge is 2.28. The van der Waals surface area contributed by atoms with Crippen molar-refractivity contribution < 1.29 is 19.4 Å². The number of hydrogen-bond acceptors (Lipinski definition) is 3. The Kier molecular flexibility index (Phi) is 5.33. The second-order valence-electron chi connectivity index (χ2n) is 6.12. The van der Waals surface area contributed by atoms with Crippen LogP contribution in [0, 0.1) is 0 Å². The van der Waals surface area contributed by atoms with Gasteiger partial charge in [0.25, 0.3) is 5.91 Å². The number of nitrogens with zero attached hydrogens (tertiary/aromatic N) is 1. The molecule has 1 atom stereocenters. The Balaban J connectivity index is 1.83. The van der Waals surface area contributed by atoms with E-state index in [0.717, 1.165) is 37.9 Å². The monoisotopic (exact) mass is 339 g/mol. The van der Waals surface area contributed by atoms with Crippen molar-refractivity contribution in [3.8, 4) is 5.75 Å². The Hall–Kier alpha value is -2.82. The van der Waals surface area contributed by atoms with Gasteiger partial charge in [-0.1, -0.05) is 30.3 Å². The molecular formula is C20H21NO4. The molecule has 3 rings (SSSR count). The lowest BCUT2D eigenvalue weighted by Crippen LogP contribution is -2.40. The van der Waals surface area contributed by atoms with Crippen LogP contribution >= 0.6 is 0 Å². The number of carboxylic acids is 1. The summed E-state index contributed by atoms with van der Waals surface area (Å²) in [5.74, 6) is -0.562. The second-order valence-corrected chi connectivity index (χ2v) is 6.12. The SMILES string of the molecule is O=C(O)c1ccc(OC(C(=O)N2CCCCC2)c2ccccc2)cc1. The molecule has 1 aliphatic heterocycles. The summed E-state index contributed by atoms with van der Waals surface area (Å²) in [6.45, 7) is 1.51. The third-order valence-electron chi connectivity index (χ3n) is 4.35. The lowest BCUT2D eigenvalue weighted by molar-refractivity contribution is -0.140. The van der Waals surface area contributed by atoms with Gasteiger partial charge in [0.2, 0.25) is 6.10 Å². The molecule has 1 saturated heterocycles. The summed E-state index contributed by atoms with van der Waals surface area (Å²) in [5.41, 5.74) is 0.978. The molecule has 130 valence electrons. The van der Waals surface area contributed by atoms with Gasteiger partial charge in [-0.05, 0) is 43.5 Å². The van der Waals surface area contributed by atoms with Gasteiger partial charge < -0.3 is 14.7 Å². The van der Waals surface area contributed by atoms with Gasteiger partial charge in [0.15, 0.2) is 0 Å². The number of aromatic carboxylic acids is 1. The molecule has 1 unspecified atom stereocenters. The fraction of sp³-hybridized carbons (Fsp3) is 0.300. The van der Waals surface area contributed by atoms with E-state index in [1.165, 1.54) is 12.1 Å². The van der Waals surface area contributed by atoms with Crippen LogP contribution in [0.4, 0.5) is 0 Å². The Labute approximate surface area is 146 Å². The maximum absolute atomic E-state index is 13.0. The number of carboxylic acid groups (broad SMARTS) is 1. The fourth-order valence-electron chi connectivity index (χ4n) is 2.98. The number of benzene rings is 2. The zero-order chi connectivity index (χ0) is 17.6. The van der Waals surface area contributed by atoms with Crippen LogP contribution in [-0.4, -0.2) is 35.0 Å². The summed E-state index contributed by atoms with van der Waals surface area (Å²) < 4.78 is 5.97. The van der Waals surface area contributed by atoms with Gasteiger partial charge in [-0.2, -0.15) is 0 Å². The number of ether oxygens (including phenoxy) is 1. The van der Waals surface area contributed by atoms with Crippen molar-refractivity contribution in [3.05, 3.63) is 65.7 Å². The van der Waals surface area contributed by atoms with E-state index >= 15 is 0 Å². The first-order valence-electron chi connectivity index (χ1n) is 8.49. The van der Waals surface area contributed by atoms with Gasteiger partial charge in [0, 0.05) is 18.7 Å². The minimum Gasteiger partial charge on any atom is -0.478 e. The molecule has 2 aromatic carbocycles. The van der Waals surface area contributed by atoms with Crippen molar-refractivity contribution in [3.63, 3.8) is 0 Å². The molecule has 5 heteroatoms. The summed E-state index contributed by atoms with van der Waals surface area (Å²) >= 11 is 0. The van der Waals surface area contributed by atoms with Crippen molar-refractivity contribution in [2.45, 2.75) is 25.4 Å². The molecule has 1 heterocycles. The van der Waals surface area contributed by atoms with Gasteiger partial charge in [-0.25, -0.2) is 4.79 Å². The van der Waals surface area contributed by atoms with Gasteiger partial charge in [0.05, 0.1) is 5.56 Å². The van der Waals surface area contributed by atoms with Crippen LogP contribution < -0.4 is 4.74 Å². The van der Waals surface area contributed by atoms with E-state index in [4.69, 9.17) is 9.84 Å². The third-order valence-corrected chi connectivity index (χ3v) is 4.35. The van der Waals surface area contributed by atoms with Crippen molar-refractivity contribution in [2.24, 2.45) is 0 Å².